The predicted octanol–water partition coefficient (Wildman–Crippen LogP) is 3.56. The van der Waals surface area contributed by atoms with E-state index in [4.69, 9.17) is 10.7 Å². The Morgan fingerprint density at radius 3 is 2.91 bits per heavy atom. The maximum Gasteiger partial charge on any atom is 0.103 e. The van der Waals surface area contributed by atoms with Crippen LogP contribution in [0.25, 0.3) is 11.0 Å². The topological polar surface area (TPSA) is 67.4 Å². The quantitative estimate of drug-likeness (QED) is 0.703. The highest BCUT2D eigenvalue weighted by molar-refractivity contribution is 9.10. The van der Waals surface area contributed by atoms with Crippen molar-refractivity contribution in [2.24, 2.45) is 5.10 Å². The van der Waals surface area contributed by atoms with Crippen molar-refractivity contribution in [1.29, 1.82) is 0 Å². The average molecular weight is 368 g/mol. The third kappa shape index (κ3) is 2.66. The van der Waals surface area contributed by atoms with E-state index >= 15 is 0 Å². The van der Waals surface area contributed by atoms with Crippen LogP contribution in [-0.4, -0.2) is 22.7 Å². The van der Waals surface area contributed by atoms with Crippen LogP contribution in [-0.2, 0) is 0 Å². The second-order valence-electron chi connectivity index (χ2n) is 5.45. The van der Waals surface area contributed by atoms with Gasteiger partial charge in [-0.05, 0) is 46.3 Å². The van der Waals surface area contributed by atoms with Gasteiger partial charge < -0.3 is 5.73 Å². The molecule has 0 fully saturated rings. The van der Waals surface area contributed by atoms with Crippen molar-refractivity contribution >= 4 is 44.6 Å². The molecule has 0 bridgehead atoms. The predicted molar refractivity (Wildman–Crippen MR) is 96.7 cm³/mol. The second-order valence-corrected chi connectivity index (χ2v) is 6.30. The Labute approximate surface area is 142 Å². The number of hydrazone groups is 1. The van der Waals surface area contributed by atoms with Crippen LogP contribution < -0.4 is 10.7 Å². The molecule has 0 saturated carbocycles. The van der Waals surface area contributed by atoms with Gasteiger partial charge in [-0.3, -0.25) is 9.99 Å². The highest BCUT2D eigenvalue weighted by Gasteiger charge is 2.22. The van der Waals surface area contributed by atoms with Gasteiger partial charge in [0.2, 0.25) is 0 Å². The molecule has 2 aromatic carbocycles. The van der Waals surface area contributed by atoms with Gasteiger partial charge in [-0.2, -0.15) is 5.10 Å². The normalized spacial score (nSPS) is 17.1. The zero-order chi connectivity index (χ0) is 15.8. The highest BCUT2D eigenvalue weighted by atomic mass is 79.9. The lowest BCUT2D eigenvalue weighted by Gasteiger charge is -2.16. The Hall–Kier alpha value is -2.47. The van der Waals surface area contributed by atoms with Gasteiger partial charge in [-0.1, -0.05) is 12.1 Å². The summed E-state index contributed by atoms with van der Waals surface area (Å²) >= 11 is 3.54. The van der Waals surface area contributed by atoms with Gasteiger partial charge in [0.15, 0.2) is 0 Å². The molecule has 4 rings (SSSR count). The number of rotatable bonds is 2. The molecule has 23 heavy (non-hydrogen) atoms. The van der Waals surface area contributed by atoms with E-state index in [-0.39, 0.29) is 5.92 Å². The highest BCUT2D eigenvalue weighted by Crippen LogP contribution is 2.27. The Balaban J connectivity index is 1.63. The molecule has 114 valence electrons. The van der Waals surface area contributed by atoms with Gasteiger partial charge in [0.1, 0.15) is 5.52 Å². The maximum atomic E-state index is 5.84. The number of para-hydroxylation sites is 1. The molecule has 1 aliphatic heterocycles. The van der Waals surface area contributed by atoms with E-state index in [1.54, 1.807) is 0 Å². The summed E-state index contributed by atoms with van der Waals surface area (Å²) in [6, 6.07) is 13.6. The standard InChI is InChI=1S/C17H14BrN5/c18-14-5-2-6-15-17(14)22-16(9-20-15)11-8-21-23(10-11)13-4-1-3-12(19)7-13/h1-9,11H,10,19H2. The molecular weight excluding hydrogens is 354 g/mol. The van der Waals surface area contributed by atoms with Crippen LogP contribution in [0.15, 0.2) is 58.2 Å². The van der Waals surface area contributed by atoms with E-state index in [0.29, 0.717) is 0 Å². The minimum absolute atomic E-state index is 0.112. The largest absolute Gasteiger partial charge is 0.399 e. The first-order valence-electron chi connectivity index (χ1n) is 7.29. The van der Waals surface area contributed by atoms with Crippen molar-refractivity contribution < 1.29 is 0 Å². The number of fused-ring (bicyclic) bond motifs is 1. The molecule has 1 atom stereocenters. The van der Waals surface area contributed by atoms with Gasteiger partial charge in [0.25, 0.3) is 0 Å². The van der Waals surface area contributed by atoms with Gasteiger partial charge in [-0.25, -0.2) is 4.98 Å². The van der Waals surface area contributed by atoms with Crippen LogP contribution >= 0.6 is 15.9 Å². The van der Waals surface area contributed by atoms with Crippen molar-refractivity contribution in [2.45, 2.75) is 5.92 Å². The van der Waals surface area contributed by atoms with Gasteiger partial charge in [-0.15, -0.1) is 0 Å². The van der Waals surface area contributed by atoms with Crippen molar-refractivity contribution in [3.05, 3.63) is 58.8 Å². The van der Waals surface area contributed by atoms with Gasteiger partial charge in [0.05, 0.1) is 29.4 Å². The molecule has 6 heteroatoms. The minimum atomic E-state index is 0.112. The van der Waals surface area contributed by atoms with E-state index < -0.39 is 0 Å². The molecule has 2 heterocycles. The SMILES string of the molecule is Nc1cccc(N2CC(c3cnc4cccc(Br)c4n3)C=N2)c1. The van der Waals surface area contributed by atoms with E-state index in [0.717, 1.165) is 39.1 Å². The first kappa shape index (κ1) is 14.1. The summed E-state index contributed by atoms with van der Waals surface area (Å²) in [6.07, 6.45) is 3.74. The summed E-state index contributed by atoms with van der Waals surface area (Å²) < 4.78 is 0.951. The molecule has 0 radical (unpaired) electrons. The van der Waals surface area contributed by atoms with Crippen LogP contribution in [0.5, 0.6) is 0 Å². The summed E-state index contributed by atoms with van der Waals surface area (Å²) in [4.78, 5) is 9.26. The second kappa shape index (κ2) is 5.62. The molecule has 1 unspecified atom stereocenters. The smallest absolute Gasteiger partial charge is 0.103 e. The number of anilines is 2. The van der Waals surface area contributed by atoms with Crippen LogP contribution in [0.3, 0.4) is 0 Å². The molecule has 2 N–H and O–H groups in total. The number of nitrogens with zero attached hydrogens (tertiary/aromatic N) is 4. The van der Waals surface area contributed by atoms with Crippen LogP contribution in [0.4, 0.5) is 11.4 Å². The summed E-state index contributed by atoms with van der Waals surface area (Å²) in [6.45, 7) is 0.730. The number of aromatic nitrogens is 2. The number of nitrogens with two attached hydrogens (primary N) is 1. The fourth-order valence-electron chi connectivity index (χ4n) is 2.66. The van der Waals surface area contributed by atoms with Crippen LogP contribution in [0.2, 0.25) is 0 Å². The zero-order valence-corrected chi connectivity index (χ0v) is 13.8. The third-order valence-electron chi connectivity index (χ3n) is 3.85. The van der Waals surface area contributed by atoms with Crippen molar-refractivity contribution in [1.82, 2.24) is 9.97 Å². The van der Waals surface area contributed by atoms with Gasteiger partial charge >= 0.3 is 0 Å². The first-order chi connectivity index (χ1) is 11.2. The number of benzene rings is 2. The lowest BCUT2D eigenvalue weighted by atomic mass is 10.1. The molecule has 3 aromatic rings. The van der Waals surface area contributed by atoms with Gasteiger partial charge in [0, 0.05) is 22.6 Å². The fraction of sp³-hybridized carbons (Fsp3) is 0.118. The summed E-state index contributed by atoms with van der Waals surface area (Å²) in [5.74, 6) is 0.112. The molecule has 0 spiro atoms. The van der Waals surface area contributed by atoms with E-state index in [2.05, 4.69) is 26.0 Å². The number of hydrogen-bond donors (Lipinski definition) is 1. The fourth-order valence-corrected chi connectivity index (χ4v) is 3.10. The number of nitrogen functional groups attached to an aromatic ring is 1. The van der Waals surface area contributed by atoms with Crippen molar-refractivity contribution in [3.63, 3.8) is 0 Å². The maximum absolute atomic E-state index is 5.84. The average Bonchev–Trinajstić information content (AvgIpc) is 3.05. The third-order valence-corrected chi connectivity index (χ3v) is 4.49. The van der Waals surface area contributed by atoms with Crippen LogP contribution in [0, 0.1) is 0 Å². The van der Waals surface area contributed by atoms with E-state index in [1.165, 1.54) is 0 Å². The Kier molecular flexibility index (Phi) is 3.46. The lowest BCUT2D eigenvalue weighted by molar-refractivity contribution is 0.830. The summed E-state index contributed by atoms with van der Waals surface area (Å²) in [7, 11) is 0. The van der Waals surface area contributed by atoms with E-state index in [1.807, 2.05) is 59.9 Å². The molecule has 1 aliphatic rings. The van der Waals surface area contributed by atoms with Crippen LogP contribution in [0.1, 0.15) is 11.6 Å². The first-order valence-corrected chi connectivity index (χ1v) is 8.08. The summed E-state index contributed by atoms with van der Waals surface area (Å²) in [5, 5.41) is 6.42. The Morgan fingerprint density at radius 2 is 2.04 bits per heavy atom. The van der Waals surface area contributed by atoms with Crippen molar-refractivity contribution in [3.8, 4) is 0 Å². The lowest BCUT2D eigenvalue weighted by Crippen LogP contribution is -2.17. The molecular formula is C17H14BrN5. The number of halogens is 1. The molecule has 0 saturated heterocycles. The Bertz CT molecular complexity index is 908. The minimum Gasteiger partial charge on any atom is -0.399 e. The molecule has 0 aliphatic carbocycles. The molecule has 0 amide bonds. The molecule has 5 nitrogen and oxygen atoms in total. The van der Waals surface area contributed by atoms with E-state index in [9.17, 15) is 0 Å². The van der Waals surface area contributed by atoms with Crippen molar-refractivity contribution in [2.75, 3.05) is 17.3 Å². The summed E-state index contributed by atoms with van der Waals surface area (Å²) in [5.41, 5.74) is 10.2. The monoisotopic (exact) mass is 367 g/mol. The number of hydrogen-bond acceptors (Lipinski definition) is 5. The zero-order valence-electron chi connectivity index (χ0n) is 12.2. The Morgan fingerprint density at radius 1 is 1.17 bits per heavy atom. The molecule has 1 aromatic heterocycles.